The number of hydrogen-bond acceptors (Lipinski definition) is 2. The van der Waals surface area contributed by atoms with E-state index in [2.05, 4.69) is 34.5 Å². The average Bonchev–Trinajstić information content (AvgIpc) is 3.26. The van der Waals surface area contributed by atoms with Gasteiger partial charge in [0.15, 0.2) is 0 Å². The number of benzene rings is 1. The van der Waals surface area contributed by atoms with Gasteiger partial charge in [-0.1, -0.05) is 24.3 Å². The fraction of sp³-hybridized carbons (Fsp3) is 0.647. The highest BCUT2D eigenvalue weighted by Gasteiger charge is 2.39. The zero-order valence-electron chi connectivity index (χ0n) is 11.7. The lowest BCUT2D eigenvalue weighted by atomic mass is 9.76. The number of nitrogens with one attached hydrogen (secondary N) is 1. The SMILES string of the molecule is c1ccc2c(c1)CCNC21CCN(CC2CC2)CC1. The van der Waals surface area contributed by atoms with Crippen molar-refractivity contribution in [1.82, 2.24) is 10.2 Å². The third-order valence-corrected chi connectivity index (χ3v) is 5.31. The predicted octanol–water partition coefficient (Wildman–Crippen LogP) is 2.53. The van der Waals surface area contributed by atoms with Gasteiger partial charge in [-0.15, -0.1) is 0 Å². The van der Waals surface area contributed by atoms with Gasteiger partial charge in [0.1, 0.15) is 0 Å². The van der Waals surface area contributed by atoms with E-state index >= 15 is 0 Å². The van der Waals surface area contributed by atoms with Crippen molar-refractivity contribution in [3.05, 3.63) is 35.4 Å². The van der Waals surface area contributed by atoms with Crippen LogP contribution in [0.4, 0.5) is 0 Å². The Bertz CT molecular complexity index is 456. The minimum absolute atomic E-state index is 0.287. The monoisotopic (exact) mass is 256 g/mol. The molecule has 0 unspecified atom stereocenters. The molecule has 2 heterocycles. The van der Waals surface area contributed by atoms with Gasteiger partial charge in [-0.2, -0.15) is 0 Å². The molecule has 0 amide bonds. The summed E-state index contributed by atoms with van der Waals surface area (Å²) in [6, 6.07) is 9.09. The van der Waals surface area contributed by atoms with E-state index in [4.69, 9.17) is 0 Å². The summed E-state index contributed by atoms with van der Waals surface area (Å²) in [6.45, 7) is 5.06. The molecule has 1 aliphatic carbocycles. The van der Waals surface area contributed by atoms with Gasteiger partial charge in [-0.05, 0) is 49.1 Å². The summed E-state index contributed by atoms with van der Waals surface area (Å²) in [5.41, 5.74) is 3.46. The fourth-order valence-electron chi connectivity index (χ4n) is 3.97. The standard InChI is InChI=1S/C17H24N2/c1-2-4-16-15(3-1)7-10-18-17(16)8-11-19(12-9-17)13-14-5-6-14/h1-4,14,18H,5-13H2. The van der Waals surface area contributed by atoms with Crippen LogP contribution in [0, 0.1) is 5.92 Å². The number of nitrogens with zero attached hydrogens (tertiary/aromatic N) is 1. The second-order valence-electron chi connectivity index (χ2n) is 6.66. The molecule has 2 aliphatic heterocycles. The Hall–Kier alpha value is -0.860. The highest BCUT2D eigenvalue weighted by atomic mass is 15.2. The maximum atomic E-state index is 3.85. The van der Waals surface area contributed by atoms with E-state index in [1.807, 2.05) is 0 Å². The van der Waals surface area contributed by atoms with Crippen LogP contribution in [0.1, 0.15) is 36.8 Å². The van der Waals surface area contributed by atoms with Crippen molar-refractivity contribution < 1.29 is 0 Å². The number of likely N-dealkylation sites (tertiary alicyclic amines) is 1. The first-order chi connectivity index (χ1) is 9.36. The summed E-state index contributed by atoms with van der Waals surface area (Å²) in [7, 11) is 0. The fourth-order valence-corrected chi connectivity index (χ4v) is 3.97. The van der Waals surface area contributed by atoms with E-state index in [1.54, 1.807) is 11.1 Å². The van der Waals surface area contributed by atoms with Crippen molar-refractivity contribution in [2.24, 2.45) is 5.92 Å². The molecule has 1 aromatic rings. The first kappa shape index (κ1) is 11.9. The molecule has 1 spiro atoms. The van der Waals surface area contributed by atoms with E-state index in [-0.39, 0.29) is 5.54 Å². The van der Waals surface area contributed by atoms with Crippen molar-refractivity contribution >= 4 is 0 Å². The molecule has 0 radical (unpaired) electrons. The van der Waals surface area contributed by atoms with Crippen LogP contribution in [0.5, 0.6) is 0 Å². The average molecular weight is 256 g/mol. The van der Waals surface area contributed by atoms with E-state index in [1.165, 1.54) is 51.7 Å². The molecular weight excluding hydrogens is 232 g/mol. The Morgan fingerprint density at radius 1 is 1.16 bits per heavy atom. The summed E-state index contributed by atoms with van der Waals surface area (Å²) >= 11 is 0. The molecule has 1 saturated heterocycles. The number of hydrogen-bond donors (Lipinski definition) is 1. The van der Waals surface area contributed by atoms with Crippen molar-refractivity contribution in [3.8, 4) is 0 Å². The molecule has 0 aromatic heterocycles. The maximum Gasteiger partial charge on any atom is 0.0461 e. The molecule has 2 nitrogen and oxygen atoms in total. The van der Waals surface area contributed by atoms with Crippen LogP contribution in [0.2, 0.25) is 0 Å². The van der Waals surface area contributed by atoms with Gasteiger partial charge in [-0.25, -0.2) is 0 Å². The first-order valence-corrected chi connectivity index (χ1v) is 7.91. The van der Waals surface area contributed by atoms with Crippen LogP contribution < -0.4 is 5.32 Å². The maximum absolute atomic E-state index is 3.85. The Morgan fingerprint density at radius 3 is 2.74 bits per heavy atom. The Kier molecular flexibility index (Phi) is 2.89. The first-order valence-electron chi connectivity index (χ1n) is 7.91. The molecule has 102 valence electrons. The van der Waals surface area contributed by atoms with Crippen molar-refractivity contribution in [2.75, 3.05) is 26.2 Å². The van der Waals surface area contributed by atoms with Gasteiger partial charge in [0, 0.05) is 31.7 Å². The lowest BCUT2D eigenvalue weighted by molar-refractivity contribution is 0.125. The Balaban J connectivity index is 1.52. The topological polar surface area (TPSA) is 15.3 Å². The van der Waals surface area contributed by atoms with Crippen molar-refractivity contribution in [3.63, 3.8) is 0 Å². The van der Waals surface area contributed by atoms with Gasteiger partial charge in [0.25, 0.3) is 0 Å². The predicted molar refractivity (Wildman–Crippen MR) is 78.2 cm³/mol. The molecule has 2 fully saturated rings. The molecule has 2 heteroatoms. The van der Waals surface area contributed by atoms with Crippen LogP contribution in [0.3, 0.4) is 0 Å². The van der Waals surface area contributed by atoms with Gasteiger partial charge in [0.2, 0.25) is 0 Å². The third kappa shape index (κ3) is 2.21. The third-order valence-electron chi connectivity index (χ3n) is 5.31. The minimum Gasteiger partial charge on any atom is -0.307 e. The smallest absolute Gasteiger partial charge is 0.0461 e. The largest absolute Gasteiger partial charge is 0.307 e. The minimum atomic E-state index is 0.287. The van der Waals surface area contributed by atoms with Crippen LogP contribution >= 0.6 is 0 Å². The Morgan fingerprint density at radius 2 is 1.95 bits per heavy atom. The molecule has 3 aliphatic rings. The van der Waals surface area contributed by atoms with Gasteiger partial charge >= 0.3 is 0 Å². The van der Waals surface area contributed by atoms with E-state index in [0.29, 0.717) is 0 Å². The zero-order chi connectivity index (χ0) is 12.7. The lowest BCUT2D eigenvalue weighted by Gasteiger charge is -2.46. The molecule has 4 rings (SSSR count). The lowest BCUT2D eigenvalue weighted by Crippen LogP contribution is -2.54. The van der Waals surface area contributed by atoms with Gasteiger partial charge in [0.05, 0.1) is 0 Å². The molecule has 0 bridgehead atoms. The molecule has 1 aromatic carbocycles. The summed E-state index contributed by atoms with van der Waals surface area (Å²) in [6.07, 6.45) is 6.72. The zero-order valence-corrected chi connectivity index (χ0v) is 11.7. The van der Waals surface area contributed by atoms with E-state index in [9.17, 15) is 0 Å². The van der Waals surface area contributed by atoms with Crippen molar-refractivity contribution in [2.45, 2.75) is 37.6 Å². The quantitative estimate of drug-likeness (QED) is 0.875. The van der Waals surface area contributed by atoms with Crippen LogP contribution in [0.25, 0.3) is 0 Å². The second kappa shape index (κ2) is 4.60. The van der Waals surface area contributed by atoms with Crippen LogP contribution in [0.15, 0.2) is 24.3 Å². The molecular formula is C17H24N2. The van der Waals surface area contributed by atoms with E-state index < -0.39 is 0 Å². The van der Waals surface area contributed by atoms with E-state index in [0.717, 1.165) is 12.5 Å². The number of fused-ring (bicyclic) bond motifs is 2. The number of rotatable bonds is 2. The van der Waals surface area contributed by atoms with Crippen LogP contribution in [-0.4, -0.2) is 31.1 Å². The molecule has 19 heavy (non-hydrogen) atoms. The highest BCUT2D eigenvalue weighted by Crippen LogP contribution is 2.38. The summed E-state index contributed by atoms with van der Waals surface area (Å²) < 4.78 is 0. The van der Waals surface area contributed by atoms with Crippen LogP contribution in [-0.2, 0) is 12.0 Å². The second-order valence-corrected chi connectivity index (χ2v) is 6.66. The molecule has 0 atom stereocenters. The normalized spacial score (nSPS) is 26.3. The molecule has 1 N–H and O–H groups in total. The highest BCUT2D eigenvalue weighted by molar-refractivity contribution is 5.36. The molecule has 1 saturated carbocycles. The summed E-state index contributed by atoms with van der Waals surface area (Å²) in [5, 5.41) is 3.85. The Labute approximate surface area is 116 Å². The summed E-state index contributed by atoms with van der Waals surface area (Å²) in [5.74, 6) is 1.03. The van der Waals surface area contributed by atoms with Gasteiger partial charge < -0.3 is 10.2 Å². The van der Waals surface area contributed by atoms with Gasteiger partial charge in [-0.3, -0.25) is 0 Å². The summed E-state index contributed by atoms with van der Waals surface area (Å²) in [4.78, 5) is 2.70. The number of piperidine rings is 1. The van der Waals surface area contributed by atoms with Crippen molar-refractivity contribution in [1.29, 1.82) is 0 Å².